The number of benzene rings is 1. The second-order valence-corrected chi connectivity index (χ2v) is 5.39. The number of hydrogen-bond acceptors (Lipinski definition) is 2. The van der Waals surface area contributed by atoms with Crippen LogP contribution in [0.2, 0.25) is 5.02 Å². The van der Waals surface area contributed by atoms with Gasteiger partial charge in [0.05, 0.1) is 16.4 Å². The Bertz CT molecular complexity index is 661. The van der Waals surface area contributed by atoms with Crippen LogP contribution in [0.5, 0.6) is 0 Å². The summed E-state index contributed by atoms with van der Waals surface area (Å²) in [6.45, 7) is 7.81. The average molecular weight is 292 g/mol. The molecule has 0 aliphatic carbocycles. The molecule has 1 heterocycles. The van der Waals surface area contributed by atoms with Crippen molar-refractivity contribution in [2.24, 2.45) is 0 Å². The van der Waals surface area contributed by atoms with Gasteiger partial charge in [-0.3, -0.25) is 9.48 Å². The predicted octanol–water partition coefficient (Wildman–Crippen LogP) is 3.41. The Kier molecular flexibility index (Phi) is 4.14. The lowest BCUT2D eigenvalue weighted by molar-refractivity contribution is -0.116. The molecule has 1 N–H and O–H groups in total. The van der Waals surface area contributed by atoms with E-state index in [1.165, 1.54) is 0 Å². The maximum Gasteiger partial charge on any atom is 0.246 e. The minimum atomic E-state index is -0.110. The Morgan fingerprint density at radius 3 is 2.60 bits per heavy atom. The molecule has 0 unspecified atom stereocenters. The van der Waals surface area contributed by atoms with Crippen LogP contribution in [-0.2, 0) is 11.3 Å². The fourth-order valence-corrected chi connectivity index (χ4v) is 2.16. The standard InChI is InChI=1S/C15H18ClN3O/c1-9-5-6-10(2)13(7-9)17-14(20)8-19-12(4)15(16)11(3)18-19/h5-7H,8H2,1-4H3,(H,17,20). The molecule has 0 spiro atoms. The highest BCUT2D eigenvalue weighted by Crippen LogP contribution is 2.19. The van der Waals surface area contributed by atoms with Crippen LogP contribution in [0, 0.1) is 27.7 Å². The second kappa shape index (κ2) is 5.67. The van der Waals surface area contributed by atoms with Gasteiger partial charge in [-0.2, -0.15) is 5.10 Å². The van der Waals surface area contributed by atoms with Crippen LogP contribution in [0.25, 0.3) is 0 Å². The Hall–Kier alpha value is -1.81. The summed E-state index contributed by atoms with van der Waals surface area (Å²) in [6.07, 6.45) is 0. The smallest absolute Gasteiger partial charge is 0.246 e. The predicted molar refractivity (Wildman–Crippen MR) is 81.3 cm³/mol. The summed E-state index contributed by atoms with van der Waals surface area (Å²) in [5.41, 5.74) is 4.53. The van der Waals surface area contributed by atoms with E-state index >= 15 is 0 Å². The van der Waals surface area contributed by atoms with Crippen LogP contribution in [-0.4, -0.2) is 15.7 Å². The third-order valence-corrected chi connectivity index (χ3v) is 3.80. The third kappa shape index (κ3) is 3.02. The average Bonchev–Trinajstić information content (AvgIpc) is 2.61. The highest BCUT2D eigenvalue weighted by Gasteiger charge is 2.12. The molecular weight excluding hydrogens is 274 g/mol. The summed E-state index contributed by atoms with van der Waals surface area (Å²) in [4.78, 5) is 12.1. The van der Waals surface area contributed by atoms with Gasteiger partial charge in [-0.15, -0.1) is 0 Å². The molecule has 5 heteroatoms. The first-order valence-corrected chi connectivity index (χ1v) is 6.83. The molecule has 0 bridgehead atoms. The van der Waals surface area contributed by atoms with Gasteiger partial charge >= 0.3 is 0 Å². The van der Waals surface area contributed by atoms with E-state index in [9.17, 15) is 4.79 Å². The van der Waals surface area contributed by atoms with Gasteiger partial charge in [0.1, 0.15) is 6.54 Å². The highest BCUT2D eigenvalue weighted by molar-refractivity contribution is 6.31. The van der Waals surface area contributed by atoms with Gasteiger partial charge in [-0.25, -0.2) is 0 Å². The van der Waals surface area contributed by atoms with E-state index in [1.807, 2.05) is 45.9 Å². The van der Waals surface area contributed by atoms with Crippen molar-refractivity contribution in [1.29, 1.82) is 0 Å². The summed E-state index contributed by atoms with van der Waals surface area (Å²) in [5.74, 6) is -0.110. The van der Waals surface area contributed by atoms with E-state index in [0.717, 1.165) is 28.2 Å². The quantitative estimate of drug-likeness (QED) is 0.942. The second-order valence-electron chi connectivity index (χ2n) is 5.01. The fraction of sp³-hybridized carbons (Fsp3) is 0.333. The molecule has 0 aliphatic rings. The summed E-state index contributed by atoms with van der Waals surface area (Å²) in [5, 5.41) is 7.78. The number of amides is 1. The lowest BCUT2D eigenvalue weighted by atomic mass is 10.1. The Morgan fingerprint density at radius 1 is 1.30 bits per heavy atom. The fourth-order valence-electron chi connectivity index (χ4n) is 2.03. The zero-order valence-electron chi connectivity index (χ0n) is 12.1. The monoisotopic (exact) mass is 291 g/mol. The van der Waals surface area contributed by atoms with E-state index in [1.54, 1.807) is 4.68 Å². The molecule has 2 rings (SSSR count). The molecular formula is C15H18ClN3O. The number of nitrogens with one attached hydrogen (secondary N) is 1. The third-order valence-electron chi connectivity index (χ3n) is 3.25. The molecule has 0 radical (unpaired) electrons. The summed E-state index contributed by atoms with van der Waals surface area (Å²) in [7, 11) is 0. The number of carbonyl (C=O) groups excluding carboxylic acids is 1. The maximum absolute atomic E-state index is 12.1. The SMILES string of the molecule is Cc1ccc(C)c(NC(=O)Cn2nc(C)c(Cl)c2C)c1. The number of carbonyl (C=O) groups is 1. The van der Waals surface area contributed by atoms with E-state index in [-0.39, 0.29) is 12.5 Å². The largest absolute Gasteiger partial charge is 0.324 e. The normalized spacial score (nSPS) is 10.7. The lowest BCUT2D eigenvalue weighted by Crippen LogP contribution is -2.20. The van der Waals surface area contributed by atoms with Gasteiger partial charge < -0.3 is 5.32 Å². The van der Waals surface area contributed by atoms with Crippen molar-refractivity contribution in [3.8, 4) is 0 Å². The number of aryl methyl sites for hydroxylation is 3. The van der Waals surface area contributed by atoms with Gasteiger partial charge in [0.2, 0.25) is 5.91 Å². The molecule has 0 saturated heterocycles. The zero-order chi connectivity index (χ0) is 14.9. The Balaban J connectivity index is 2.13. The van der Waals surface area contributed by atoms with Gasteiger partial charge in [0.25, 0.3) is 0 Å². The first-order chi connectivity index (χ1) is 9.38. The van der Waals surface area contributed by atoms with Crippen molar-refractivity contribution in [3.05, 3.63) is 45.7 Å². The van der Waals surface area contributed by atoms with Crippen LogP contribution in [0.15, 0.2) is 18.2 Å². The maximum atomic E-state index is 12.1. The highest BCUT2D eigenvalue weighted by atomic mass is 35.5. The number of aromatic nitrogens is 2. The number of rotatable bonds is 3. The van der Waals surface area contributed by atoms with Crippen LogP contribution < -0.4 is 5.32 Å². The molecule has 0 atom stereocenters. The number of nitrogens with zero attached hydrogens (tertiary/aromatic N) is 2. The number of halogens is 1. The van der Waals surface area contributed by atoms with Gasteiger partial charge in [0.15, 0.2) is 0 Å². The van der Waals surface area contributed by atoms with E-state index in [4.69, 9.17) is 11.6 Å². The summed E-state index contributed by atoms with van der Waals surface area (Å²) >= 11 is 6.07. The Labute approximate surface area is 123 Å². The van der Waals surface area contributed by atoms with E-state index < -0.39 is 0 Å². The molecule has 1 amide bonds. The summed E-state index contributed by atoms with van der Waals surface area (Å²) < 4.78 is 1.62. The number of anilines is 1. The van der Waals surface area contributed by atoms with Crippen LogP contribution in [0.3, 0.4) is 0 Å². The van der Waals surface area contributed by atoms with Crippen molar-refractivity contribution in [3.63, 3.8) is 0 Å². The van der Waals surface area contributed by atoms with Gasteiger partial charge in [-0.1, -0.05) is 23.7 Å². The van der Waals surface area contributed by atoms with Gasteiger partial charge in [-0.05, 0) is 44.9 Å². The molecule has 0 fully saturated rings. The van der Waals surface area contributed by atoms with E-state index in [2.05, 4.69) is 10.4 Å². The van der Waals surface area contributed by atoms with Crippen molar-refractivity contribution in [1.82, 2.24) is 9.78 Å². The minimum Gasteiger partial charge on any atom is -0.324 e. The molecule has 1 aromatic carbocycles. The number of hydrogen-bond donors (Lipinski definition) is 1. The molecule has 4 nitrogen and oxygen atoms in total. The zero-order valence-corrected chi connectivity index (χ0v) is 12.9. The van der Waals surface area contributed by atoms with Crippen molar-refractivity contribution in [2.75, 3.05) is 5.32 Å². The topological polar surface area (TPSA) is 46.9 Å². The minimum absolute atomic E-state index is 0.110. The first kappa shape index (κ1) is 14.6. The lowest BCUT2D eigenvalue weighted by Gasteiger charge is -2.10. The molecule has 1 aromatic heterocycles. The van der Waals surface area contributed by atoms with Crippen LogP contribution in [0.1, 0.15) is 22.5 Å². The van der Waals surface area contributed by atoms with Crippen LogP contribution >= 0.6 is 11.6 Å². The van der Waals surface area contributed by atoms with Crippen molar-refractivity contribution < 1.29 is 4.79 Å². The first-order valence-electron chi connectivity index (χ1n) is 6.45. The molecule has 106 valence electrons. The van der Waals surface area contributed by atoms with Crippen molar-refractivity contribution >= 4 is 23.2 Å². The van der Waals surface area contributed by atoms with Crippen molar-refractivity contribution in [2.45, 2.75) is 34.2 Å². The van der Waals surface area contributed by atoms with E-state index in [0.29, 0.717) is 5.02 Å². The molecule has 0 aliphatic heterocycles. The van der Waals surface area contributed by atoms with Gasteiger partial charge in [0, 0.05) is 5.69 Å². The molecule has 2 aromatic rings. The summed E-state index contributed by atoms with van der Waals surface area (Å²) in [6, 6.07) is 5.97. The Morgan fingerprint density at radius 2 is 2.00 bits per heavy atom. The molecule has 0 saturated carbocycles. The molecule has 20 heavy (non-hydrogen) atoms. The van der Waals surface area contributed by atoms with Crippen LogP contribution in [0.4, 0.5) is 5.69 Å².